The molecule has 0 aliphatic heterocycles. The summed E-state index contributed by atoms with van der Waals surface area (Å²) in [5.41, 5.74) is -0.643. The number of carbonyl (C=O) groups is 1. The van der Waals surface area contributed by atoms with Crippen LogP contribution in [0.5, 0.6) is 11.5 Å². The van der Waals surface area contributed by atoms with Gasteiger partial charge in [0.05, 0.1) is 21.2 Å². The molecule has 0 aliphatic carbocycles. The SMILES string of the molecule is O=C(Nc1cccc(S(=O)(=O)Nc2cccc3c(O)ccc(S(=O)(=O)O)c23)c1)Nc1cccc(S(=O)(=O)Nc2cccc3c(O)ccc(S(=O)(=O)O)c23)c1. The molecule has 0 spiro atoms. The van der Waals surface area contributed by atoms with Gasteiger partial charge in [0.25, 0.3) is 40.3 Å². The van der Waals surface area contributed by atoms with Crippen LogP contribution in [0.25, 0.3) is 21.5 Å². The van der Waals surface area contributed by atoms with Crippen molar-refractivity contribution in [3.05, 3.63) is 109 Å². The van der Waals surface area contributed by atoms with E-state index in [0.717, 1.165) is 36.4 Å². The third-order valence-electron chi connectivity index (χ3n) is 7.81. The summed E-state index contributed by atoms with van der Waals surface area (Å²) in [4.78, 5) is 10.9. The molecule has 0 aliphatic rings. The lowest BCUT2D eigenvalue weighted by Gasteiger charge is -2.15. The maximum absolute atomic E-state index is 13.4. The van der Waals surface area contributed by atoms with Crippen molar-refractivity contribution in [1.82, 2.24) is 0 Å². The van der Waals surface area contributed by atoms with Crippen molar-refractivity contribution in [3.63, 3.8) is 0 Å². The minimum Gasteiger partial charge on any atom is -0.507 e. The zero-order chi connectivity index (χ0) is 39.2. The van der Waals surface area contributed by atoms with Crippen LogP contribution in [0.15, 0.2) is 129 Å². The maximum Gasteiger partial charge on any atom is 0.323 e. The van der Waals surface area contributed by atoms with E-state index in [0.29, 0.717) is 0 Å². The highest BCUT2D eigenvalue weighted by Gasteiger charge is 2.24. The van der Waals surface area contributed by atoms with Crippen LogP contribution in [0.2, 0.25) is 0 Å². The van der Waals surface area contributed by atoms with Gasteiger partial charge in [-0.3, -0.25) is 18.5 Å². The summed E-state index contributed by atoms with van der Waals surface area (Å²) in [5, 5.41) is 24.6. The lowest BCUT2D eigenvalue weighted by molar-refractivity contribution is 0.262. The molecule has 6 aromatic rings. The van der Waals surface area contributed by atoms with Crippen molar-refractivity contribution >= 4 is 90.6 Å². The van der Waals surface area contributed by atoms with Crippen LogP contribution >= 0.6 is 0 Å². The second-order valence-electron chi connectivity index (χ2n) is 11.4. The third-order valence-corrected chi connectivity index (χ3v) is 12.3. The second kappa shape index (κ2) is 13.8. The van der Waals surface area contributed by atoms with Crippen LogP contribution in [0.4, 0.5) is 27.5 Å². The molecule has 0 atom stereocenters. The Hall–Kier alpha value is -5.97. The zero-order valence-corrected chi connectivity index (χ0v) is 30.3. The number of hydrogen-bond donors (Lipinski definition) is 8. The maximum atomic E-state index is 13.4. The highest BCUT2D eigenvalue weighted by molar-refractivity contribution is 7.93. The molecule has 0 bridgehead atoms. The molecule has 0 fully saturated rings. The molecule has 0 heterocycles. The van der Waals surface area contributed by atoms with E-state index in [1.807, 2.05) is 0 Å². The summed E-state index contributed by atoms with van der Waals surface area (Å²) in [6.07, 6.45) is 0. The number of anilines is 4. The number of benzene rings is 6. The predicted molar refractivity (Wildman–Crippen MR) is 198 cm³/mol. The first-order valence-corrected chi connectivity index (χ1v) is 20.9. The summed E-state index contributed by atoms with van der Waals surface area (Å²) in [5.74, 6) is -0.759. The quantitative estimate of drug-likeness (QED) is 0.0833. The number of hydrogen-bond acceptors (Lipinski definition) is 11. The average molecular weight is 815 g/mol. The van der Waals surface area contributed by atoms with E-state index < -0.39 is 56.1 Å². The lowest BCUT2D eigenvalue weighted by Crippen LogP contribution is -2.20. The van der Waals surface area contributed by atoms with Gasteiger partial charge in [-0.2, -0.15) is 16.8 Å². The Bertz CT molecular complexity index is 2770. The number of aromatic hydroxyl groups is 2. The van der Waals surface area contributed by atoms with Crippen molar-refractivity contribution < 1.29 is 57.8 Å². The van der Waals surface area contributed by atoms with Crippen LogP contribution in [-0.2, 0) is 40.3 Å². The molecule has 6 rings (SSSR count). The summed E-state index contributed by atoms with van der Waals surface area (Å²) in [6, 6.07) is 20.5. The van der Waals surface area contributed by atoms with Gasteiger partial charge in [0.15, 0.2) is 0 Å². The highest BCUT2D eigenvalue weighted by atomic mass is 32.2. The van der Waals surface area contributed by atoms with E-state index in [1.54, 1.807) is 0 Å². The molecule has 0 unspecified atom stereocenters. The second-order valence-corrected chi connectivity index (χ2v) is 17.6. The number of fused-ring (bicyclic) bond motifs is 2. The fourth-order valence-electron chi connectivity index (χ4n) is 5.50. The summed E-state index contributed by atoms with van der Waals surface area (Å²) in [7, 11) is -18.7. The Kier molecular flexibility index (Phi) is 9.64. The normalized spacial score (nSPS) is 12.3. The largest absolute Gasteiger partial charge is 0.507 e. The monoisotopic (exact) mass is 814 g/mol. The van der Waals surface area contributed by atoms with Crippen LogP contribution < -0.4 is 20.1 Å². The van der Waals surface area contributed by atoms with Gasteiger partial charge in [-0.05, 0) is 72.8 Å². The molecule has 280 valence electrons. The number of urea groups is 1. The van der Waals surface area contributed by atoms with Gasteiger partial charge in [-0.15, -0.1) is 0 Å². The first kappa shape index (κ1) is 37.8. The predicted octanol–water partition coefficient (Wildman–Crippen LogP) is 5.14. The van der Waals surface area contributed by atoms with Gasteiger partial charge >= 0.3 is 6.03 Å². The van der Waals surface area contributed by atoms with Gasteiger partial charge in [0.2, 0.25) is 0 Å². The Balaban J connectivity index is 1.22. The van der Waals surface area contributed by atoms with Crippen molar-refractivity contribution in [1.29, 1.82) is 0 Å². The third kappa shape index (κ3) is 7.71. The molecule has 17 nitrogen and oxygen atoms in total. The number of sulfonamides is 2. The minimum absolute atomic E-state index is 0.0381. The number of nitrogens with one attached hydrogen (secondary N) is 4. The molecular weight excluding hydrogens is 789 g/mol. The summed E-state index contributed by atoms with van der Waals surface area (Å²) >= 11 is 0. The average Bonchev–Trinajstić information content (AvgIpc) is 3.08. The number of phenolic OH excluding ortho intramolecular Hbond substituents is 2. The zero-order valence-electron chi connectivity index (χ0n) is 27.0. The molecule has 0 aromatic heterocycles. The van der Waals surface area contributed by atoms with Crippen LogP contribution in [0.1, 0.15) is 0 Å². The van der Waals surface area contributed by atoms with E-state index in [1.165, 1.54) is 72.8 Å². The number of amides is 2. The smallest absolute Gasteiger partial charge is 0.323 e. The van der Waals surface area contributed by atoms with E-state index in [9.17, 15) is 57.8 Å². The Labute approximate surface area is 307 Å². The molecule has 8 N–H and O–H groups in total. The molecule has 6 aromatic carbocycles. The molecule has 0 radical (unpaired) electrons. The molecule has 0 saturated carbocycles. The van der Waals surface area contributed by atoms with Crippen LogP contribution in [0, 0.1) is 0 Å². The number of rotatable bonds is 10. The Morgan fingerprint density at radius 3 is 1.22 bits per heavy atom. The summed E-state index contributed by atoms with van der Waals surface area (Å²) < 4.78 is 126. The van der Waals surface area contributed by atoms with Crippen molar-refractivity contribution in [2.75, 3.05) is 20.1 Å². The fourth-order valence-corrected chi connectivity index (χ4v) is 9.17. The Morgan fingerprint density at radius 2 is 0.852 bits per heavy atom. The minimum atomic E-state index is -4.85. The van der Waals surface area contributed by atoms with Gasteiger partial charge in [0, 0.05) is 32.9 Å². The first-order valence-electron chi connectivity index (χ1n) is 15.0. The fraction of sp³-hybridized carbons (Fsp3) is 0. The molecular formula is C33H26N4O13S4. The molecule has 0 saturated heterocycles. The van der Waals surface area contributed by atoms with Crippen molar-refractivity contribution in [2.45, 2.75) is 19.6 Å². The van der Waals surface area contributed by atoms with E-state index in [4.69, 9.17) is 0 Å². The van der Waals surface area contributed by atoms with Gasteiger partial charge in [0.1, 0.15) is 21.3 Å². The molecule has 54 heavy (non-hydrogen) atoms. The number of carbonyl (C=O) groups excluding carboxylic acids is 1. The first-order chi connectivity index (χ1) is 25.2. The summed E-state index contributed by atoms with van der Waals surface area (Å²) in [6.45, 7) is 0. The standard InChI is InChI=1S/C33H26N4O13S4/c38-27-13-15-29(53(45,46)47)31-23(27)9-3-11-25(31)36-51(41,42)21-7-1-5-19(17-21)34-33(40)35-20-6-2-8-22(18-20)52(43,44)37-26-12-4-10-24-28(39)14-16-30(32(24)26)54(48,49)50/h1-18,36-39H,(H2,34,35,40)(H,45,46,47)(H,48,49,50). The van der Waals surface area contributed by atoms with Crippen LogP contribution in [0.3, 0.4) is 0 Å². The van der Waals surface area contributed by atoms with E-state index in [-0.39, 0.29) is 65.6 Å². The number of phenols is 2. The molecule has 2 amide bonds. The lowest BCUT2D eigenvalue weighted by atomic mass is 10.1. The van der Waals surface area contributed by atoms with Gasteiger partial charge in [-0.25, -0.2) is 21.6 Å². The van der Waals surface area contributed by atoms with Crippen molar-refractivity contribution in [3.8, 4) is 11.5 Å². The van der Waals surface area contributed by atoms with Crippen LogP contribution in [-0.4, -0.2) is 59.0 Å². The van der Waals surface area contributed by atoms with Gasteiger partial charge < -0.3 is 20.8 Å². The van der Waals surface area contributed by atoms with Crippen molar-refractivity contribution in [2.24, 2.45) is 0 Å². The molecule has 21 heteroatoms. The van der Waals surface area contributed by atoms with E-state index in [2.05, 4.69) is 20.1 Å². The Morgan fingerprint density at radius 1 is 0.481 bits per heavy atom. The topological polar surface area (TPSA) is 283 Å². The van der Waals surface area contributed by atoms with E-state index >= 15 is 0 Å². The van der Waals surface area contributed by atoms with Gasteiger partial charge in [-0.1, -0.05) is 36.4 Å². The highest BCUT2D eigenvalue weighted by Crippen LogP contribution is 2.38.